The number of rotatable bonds is 6. The first kappa shape index (κ1) is 20.5. The third-order valence-electron chi connectivity index (χ3n) is 6.22. The van der Waals surface area contributed by atoms with Crippen molar-refractivity contribution in [1.29, 1.82) is 0 Å². The van der Waals surface area contributed by atoms with E-state index in [1.54, 1.807) is 37.3 Å². The number of phenols is 2. The van der Waals surface area contributed by atoms with Gasteiger partial charge in [0.1, 0.15) is 5.78 Å². The van der Waals surface area contributed by atoms with Crippen molar-refractivity contribution < 1.29 is 34.0 Å². The molecule has 2 aromatic carbocycles. The molecular formula is C23H26O7. The summed E-state index contributed by atoms with van der Waals surface area (Å²) in [6.07, 6.45) is -0.343. The molecule has 0 aliphatic carbocycles. The lowest BCUT2D eigenvalue weighted by atomic mass is 9.68. The van der Waals surface area contributed by atoms with Gasteiger partial charge in [-0.15, -0.1) is 0 Å². The number of methoxy groups -OCH3 is 2. The fourth-order valence-electron chi connectivity index (χ4n) is 4.88. The van der Waals surface area contributed by atoms with Crippen LogP contribution in [0.5, 0.6) is 23.0 Å². The first-order valence-corrected chi connectivity index (χ1v) is 9.86. The van der Waals surface area contributed by atoms with Crippen molar-refractivity contribution >= 4 is 5.78 Å². The first-order valence-electron chi connectivity index (χ1n) is 9.86. The number of carbonyl (C=O) groups is 1. The number of benzene rings is 2. The third kappa shape index (κ3) is 3.28. The summed E-state index contributed by atoms with van der Waals surface area (Å²) >= 11 is 0. The van der Waals surface area contributed by atoms with Crippen LogP contribution in [-0.4, -0.2) is 43.4 Å². The molecule has 2 heterocycles. The molecular weight excluding hydrogens is 388 g/mol. The average Bonchev–Trinajstić information content (AvgIpc) is 3.25. The molecule has 160 valence electrons. The molecule has 4 rings (SSSR count). The number of ketones is 1. The van der Waals surface area contributed by atoms with Gasteiger partial charge in [-0.3, -0.25) is 0 Å². The lowest BCUT2D eigenvalue weighted by Crippen LogP contribution is -2.33. The summed E-state index contributed by atoms with van der Waals surface area (Å²) in [4.78, 5) is 12.3. The van der Waals surface area contributed by atoms with Crippen molar-refractivity contribution in [3.63, 3.8) is 0 Å². The molecule has 4 unspecified atom stereocenters. The third-order valence-corrected chi connectivity index (χ3v) is 6.22. The van der Waals surface area contributed by atoms with Crippen LogP contribution in [0.1, 0.15) is 36.7 Å². The highest BCUT2D eigenvalue weighted by atomic mass is 16.5. The number of hydrogen-bond acceptors (Lipinski definition) is 7. The standard InChI is InChI=1S/C23H26O7/c1-13(24)10-23-12-30-21(14-4-6-17(25)19(8-14)27-2)16(23)11-29-22(23)15-5-7-18(26)20(9-15)28-3/h4-9,16,21-22,25-26H,10-12H2,1-3H3. The fourth-order valence-corrected chi connectivity index (χ4v) is 4.88. The molecule has 0 spiro atoms. The van der Waals surface area contributed by atoms with Gasteiger partial charge in [0, 0.05) is 17.8 Å². The van der Waals surface area contributed by atoms with E-state index in [0.29, 0.717) is 31.1 Å². The molecule has 0 bridgehead atoms. The summed E-state index contributed by atoms with van der Waals surface area (Å²) in [5.74, 6) is 0.850. The Morgan fingerprint density at radius 1 is 1.03 bits per heavy atom. The SMILES string of the molecule is COc1cc(C2OCC3(CC(C)=O)C(c4ccc(O)c(OC)c4)OCC23)ccc1O. The van der Waals surface area contributed by atoms with Crippen LogP contribution in [0.15, 0.2) is 36.4 Å². The molecule has 0 saturated carbocycles. The Bertz CT molecular complexity index is 957. The molecule has 2 aliphatic heterocycles. The Labute approximate surface area is 175 Å². The van der Waals surface area contributed by atoms with Gasteiger partial charge in [0.15, 0.2) is 23.0 Å². The summed E-state index contributed by atoms with van der Waals surface area (Å²) in [7, 11) is 3.00. The highest BCUT2D eigenvalue weighted by molar-refractivity contribution is 5.76. The van der Waals surface area contributed by atoms with Gasteiger partial charge in [0.05, 0.1) is 39.6 Å². The van der Waals surface area contributed by atoms with Crippen LogP contribution >= 0.6 is 0 Å². The molecule has 7 nitrogen and oxygen atoms in total. The van der Waals surface area contributed by atoms with Gasteiger partial charge in [0.2, 0.25) is 0 Å². The molecule has 2 saturated heterocycles. The van der Waals surface area contributed by atoms with Crippen LogP contribution in [0, 0.1) is 11.3 Å². The maximum Gasteiger partial charge on any atom is 0.160 e. The number of carbonyl (C=O) groups excluding carboxylic acids is 1. The number of aromatic hydroxyl groups is 2. The molecule has 2 aromatic rings. The highest BCUT2D eigenvalue weighted by Gasteiger charge is 2.60. The summed E-state index contributed by atoms with van der Waals surface area (Å²) in [6, 6.07) is 10.3. The summed E-state index contributed by atoms with van der Waals surface area (Å²) in [5, 5.41) is 19.9. The average molecular weight is 414 g/mol. The van der Waals surface area contributed by atoms with Crippen LogP contribution < -0.4 is 9.47 Å². The van der Waals surface area contributed by atoms with Gasteiger partial charge < -0.3 is 34.0 Å². The van der Waals surface area contributed by atoms with Crippen LogP contribution in [0.25, 0.3) is 0 Å². The Kier molecular flexibility index (Phi) is 5.34. The minimum atomic E-state index is -0.538. The number of Topliss-reactive ketones (excluding diaryl/α,β-unsaturated/α-hetero) is 1. The lowest BCUT2D eigenvalue weighted by molar-refractivity contribution is -0.121. The quantitative estimate of drug-likeness (QED) is 0.747. The van der Waals surface area contributed by atoms with Gasteiger partial charge in [-0.1, -0.05) is 12.1 Å². The molecule has 2 fully saturated rings. The van der Waals surface area contributed by atoms with E-state index in [-0.39, 0.29) is 35.4 Å². The van der Waals surface area contributed by atoms with E-state index in [2.05, 4.69) is 0 Å². The van der Waals surface area contributed by atoms with E-state index in [1.807, 2.05) is 6.07 Å². The van der Waals surface area contributed by atoms with E-state index < -0.39 is 5.41 Å². The molecule has 2 N–H and O–H groups in total. The van der Waals surface area contributed by atoms with Crippen LogP contribution in [-0.2, 0) is 14.3 Å². The number of hydrogen-bond donors (Lipinski definition) is 2. The van der Waals surface area contributed by atoms with Crippen molar-refractivity contribution in [3.05, 3.63) is 47.5 Å². The molecule has 4 atom stereocenters. The van der Waals surface area contributed by atoms with Gasteiger partial charge in [-0.05, 0) is 42.3 Å². The zero-order valence-electron chi connectivity index (χ0n) is 17.3. The predicted molar refractivity (Wildman–Crippen MR) is 108 cm³/mol. The minimum absolute atomic E-state index is 0.0492. The van der Waals surface area contributed by atoms with E-state index >= 15 is 0 Å². The van der Waals surface area contributed by atoms with E-state index in [4.69, 9.17) is 18.9 Å². The van der Waals surface area contributed by atoms with Crippen LogP contribution in [0.2, 0.25) is 0 Å². The van der Waals surface area contributed by atoms with Crippen molar-refractivity contribution in [2.24, 2.45) is 11.3 Å². The zero-order valence-corrected chi connectivity index (χ0v) is 17.3. The Morgan fingerprint density at radius 3 is 2.23 bits per heavy atom. The smallest absolute Gasteiger partial charge is 0.160 e. The van der Waals surface area contributed by atoms with Crippen molar-refractivity contribution in [2.45, 2.75) is 25.6 Å². The highest BCUT2D eigenvalue weighted by Crippen LogP contribution is 2.61. The van der Waals surface area contributed by atoms with Crippen LogP contribution in [0.3, 0.4) is 0 Å². The predicted octanol–water partition coefficient (Wildman–Crippen LogP) is 3.54. The number of ether oxygens (including phenoxy) is 4. The summed E-state index contributed by atoms with van der Waals surface area (Å²) < 4.78 is 23.0. The number of fused-ring (bicyclic) bond motifs is 1. The topological polar surface area (TPSA) is 94.5 Å². The molecule has 0 radical (unpaired) electrons. The second-order valence-electron chi connectivity index (χ2n) is 8.03. The van der Waals surface area contributed by atoms with E-state index in [9.17, 15) is 15.0 Å². The molecule has 0 amide bonds. The first-order chi connectivity index (χ1) is 14.4. The zero-order chi connectivity index (χ0) is 21.5. The minimum Gasteiger partial charge on any atom is -0.504 e. The second-order valence-corrected chi connectivity index (χ2v) is 8.03. The van der Waals surface area contributed by atoms with Gasteiger partial charge >= 0.3 is 0 Å². The molecule has 0 aromatic heterocycles. The van der Waals surface area contributed by atoms with Gasteiger partial charge in [0.25, 0.3) is 0 Å². The van der Waals surface area contributed by atoms with E-state index in [0.717, 1.165) is 11.1 Å². The van der Waals surface area contributed by atoms with Crippen molar-refractivity contribution in [1.82, 2.24) is 0 Å². The number of phenolic OH excluding ortho intramolecular Hbond substituents is 2. The normalized spacial score (nSPS) is 27.6. The Hall–Kier alpha value is -2.77. The second kappa shape index (κ2) is 7.81. The molecule has 2 aliphatic rings. The van der Waals surface area contributed by atoms with Gasteiger partial charge in [-0.2, -0.15) is 0 Å². The molecule has 30 heavy (non-hydrogen) atoms. The van der Waals surface area contributed by atoms with Gasteiger partial charge in [-0.25, -0.2) is 0 Å². The maximum atomic E-state index is 12.3. The monoisotopic (exact) mass is 414 g/mol. The largest absolute Gasteiger partial charge is 0.504 e. The maximum absolute atomic E-state index is 12.3. The Morgan fingerprint density at radius 2 is 1.63 bits per heavy atom. The summed E-state index contributed by atoms with van der Waals surface area (Å²) in [6.45, 7) is 2.36. The van der Waals surface area contributed by atoms with Crippen molar-refractivity contribution in [2.75, 3.05) is 27.4 Å². The van der Waals surface area contributed by atoms with Crippen molar-refractivity contribution in [3.8, 4) is 23.0 Å². The van der Waals surface area contributed by atoms with E-state index in [1.165, 1.54) is 14.2 Å². The van der Waals surface area contributed by atoms with Crippen LogP contribution in [0.4, 0.5) is 0 Å². The molecule has 7 heteroatoms. The lowest BCUT2D eigenvalue weighted by Gasteiger charge is -2.32. The fraction of sp³-hybridized carbons (Fsp3) is 0.435. The Balaban J connectivity index is 1.73. The summed E-state index contributed by atoms with van der Waals surface area (Å²) in [5.41, 5.74) is 1.16.